The van der Waals surface area contributed by atoms with Crippen molar-refractivity contribution in [2.75, 3.05) is 25.9 Å². The number of carbonyl (C=O) groups is 1. The molecule has 3 rings (SSSR count). The van der Waals surface area contributed by atoms with Gasteiger partial charge in [0.15, 0.2) is 0 Å². The van der Waals surface area contributed by atoms with Gasteiger partial charge in [-0.25, -0.2) is 0 Å². The number of amides is 1. The van der Waals surface area contributed by atoms with E-state index in [2.05, 4.69) is 22.1 Å². The van der Waals surface area contributed by atoms with E-state index in [-0.39, 0.29) is 5.91 Å². The highest BCUT2D eigenvalue weighted by Gasteiger charge is 2.26. The molecular weight excluding hydrogens is 290 g/mol. The summed E-state index contributed by atoms with van der Waals surface area (Å²) in [5.41, 5.74) is 8.11. The number of hydrogen-bond acceptors (Lipinski definition) is 4. The first-order chi connectivity index (χ1) is 11.1. The van der Waals surface area contributed by atoms with Crippen LogP contribution in [0.5, 0.6) is 0 Å². The quantitative estimate of drug-likeness (QED) is 0.843. The molecule has 0 spiro atoms. The lowest BCUT2D eigenvalue weighted by Gasteiger charge is -2.36. The number of piperidine rings is 1. The van der Waals surface area contributed by atoms with Gasteiger partial charge in [-0.05, 0) is 50.2 Å². The normalized spacial score (nSPS) is 16.0. The first-order valence-electron chi connectivity index (χ1n) is 7.97. The van der Waals surface area contributed by atoms with E-state index in [9.17, 15) is 4.79 Å². The molecule has 1 aliphatic heterocycles. The predicted molar refractivity (Wildman–Crippen MR) is 89.8 cm³/mol. The summed E-state index contributed by atoms with van der Waals surface area (Å²) in [5, 5.41) is 7.04. The van der Waals surface area contributed by atoms with Crippen LogP contribution in [0.1, 0.15) is 28.9 Å². The Kier molecular flexibility index (Phi) is 4.62. The first kappa shape index (κ1) is 15.6. The molecule has 0 atom stereocenters. The van der Waals surface area contributed by atoms with E-state index in [0.29, 0.717) is 17.3 Å². The minimum absolute atomic E-state index is 0.0957. The molecule has 1 aliphatic rings. The topological polar surface area (TPSA) is 78.2 Å². The van der Waals surface area contributed by atoms with Crippen molar-refractivity contribution in [3.63, 3.8) is 0 Å². The number of aromatic nitrogens is 2. The molecule has 0 bridgehead atoms. The van der Waals surface area contributed by atoms with Gasteiger partial charge in [-0.15, -0.1) is 0 Å². The number of anilines is 1. The van der Waals surface area contributed by atoms with E-state index >= 15 is 0 Å². The fourth-order valence-electron chi connectivity index (χ4n) is 3.08. The zero-order valence-electron chi connectivity index (χ0n) is 13.4. The van der Waals surface area contributed by atoms with Gasteiger partial charge in [0, 0.05) is 43.1 Å². The highest BCUT2D eigenvalue weighted by Crippen LogP contribution is 2.19. The van der Waals surface area contributed by atoms with E-state index in [1.807, 2.05) is 17.2 Å². The predicted octanol–water partition coefficient (Wildman–Crippen LogP) is 1.73. The summed E-state index contributed by atoms with van der Waals surface area (Å²) in [6.07, 6.45) is 3.82. The maximum absolute atomic E-state index is 12.5. The lowest BCUT2D eigenvalue weighted by Crippen LogP contribution is -2.45. The summed E-state index contributed by atoms with van der Waals surface area (Å²) >= 11 is 0. The lowest BCUT2D eigenvalue weighted by atomic mass is 10.0. The molecule has 23 heavy (non-hydrogen) atoms. The molecule has 1 amide bonds. The van der Waals surface area contributed by atoms with Crippen LogP contribution in [0, 0.1) is 0 Å². The third kappa shape index (κ3) is 3.71. The SMILES string of the molecule is CN(Cc1cc[nH]n1)C1CCN(C(=O)c2ccc(N)cc2)CC1. The largest absolute Gasteiger partial charge is 0.399 e. The van der Waals surface area contributed by atoms with Gasteiger partial charge in [-0.3, -0.25) is 14.8 Å². The molecule has 6 nitrogen and oxygen atoms in total. The molecule has 0 aliphatic carbocycles. The minimum atomic E-state index is 0.0957. The van der Waals surface area contributed by atoms with Crippen LogP contribution in [0.3, 0.4) is 0 Å². The molecule has 122 valence electrons. The number of nitrogen functional groups attached to an aromatic ring is 1. The second kappa shape index (κ2) is 6.83. The van der Waals surface area contributed by atoms with E-state index < -0.39 is 0 Å². The molecule has 1 saturated heterocycles. The van der Waals surface area contributed by atoms with E-state index in [0.717, 1.165) is 38.2 Å². The molecule has 0 radical (unpaired) electrons. The summed E-state index contributed by atoms with van der Waals surface area (Å²) in [6.45, 7) is 2.41. The van der Waals surface area contributed by atoms with Crippen molar-refractivity contribution in [1.82, 2.24) is 20.0 Å². The van der Waals surface area contributed by atoms with Gasteiger partial charge in [0.2, 0.25) is 0 Å². The van der Waals surface area contributed by atoms with Crippen molar-refractivity contribution in [3.8, 4) is 0 Å². The number of nitrogens with two attached hydrogens (primary N) is 1. The molecule has 1 aromatic heterocycles. The van der Waals surface area contributed by atoms with Crippen LogP contribution in [0.15, 0.2) is 36.5 Å². The summed E-state index contributed by atoms with van der Waals surface area (Å²) < 4.78 is 0. The third-order valence-electron chi connectivity index (χ3n) is 4.50. The molecule has 0 saturated carbocycles. The Morgan fingerprint density at radius 3 is 2.61 bits per heavy atom. The maximum Gasteiger partial charge on any atom is 0.253 e. The Morgan fingerprint density at radius 2 is 2.00 bits per heavy atom. The molecule has 2 heterocycles. The number of rotatable bonds is 4. The van der Waals surface area contributed by atoms with Gasteiger partial charge in [0.25, 0.3) is 5.91 Å². The van der Waals surface area contributed by atoms with Gasteiger partial charge < -0.3 is 10.6 Å². The molecule has 1 fully saturated rings. The number of nitrogens with zero attached hydrogens (tertiary/aromatic N) is 3. The van der Waals surface area contributed by atoms with Gasteiger partial charge in [-0.2, -0.15) is 5.10 Å². The van der Waals surface area contributed by atoms with Crippen LogP contribution < -0.4 is 5.73 Å². The van der Waals surface area contributed by atoms with Crippen molar-refractivity contribution >= 4 is 11.6 Å². The highest BCUT2D eigenvalue weighted by molar-refractivity contribution is 5.94. The Hall–Kier alpha value is -2.34. The fourth-order valence-corrected chi connectivity index (χ4v) is 3.08. The highest BCUT2D eigenvalue weighted by atomic mass is 16.2. The fraction of sp³-hybridized carbons (Fsp3) is 0.412. The van der Waals surface area contributed by atoms with Gasteiger partial charge in [-0.1, -0.05) is 0 Å². The summed E-state index contributed by atoms with van der Waals surface area (Å²) in [5.74, 6) is 0.0957. The Bertz CT molecular complexity index is 630. The number of hydrogen-bond donors (Lipinski definition) is 2. The molecule has 6 heteroatoms. The molecule has 3 N–H and O–H groups in total. The first-order valence-corrected chi connectivity index (χ1v) is 7.97. The van der Waals surface area contributed by atoms with E-state index in [4.69, 9.17) is 5.73 Å². The van der Waals surface area contributed by atoms with Gasteiger partial charge in [0.1, 0.15) is 0 Å². The van der Waals surface area contributed by atoms with Crippen molar-refractivity contribution in [1.29, 1.82) is 0 Å². The number of benzene rings is 1. The average Bonchev–Trinajstić information content (AvgIpc) is 3.08. The third-order valence-corrected chi connectivity index (χ3v) is 4.50. The molecule has 1 aromatic carbocycles. The number of nitrogens with one attached hydrogen (secondary N) is 1. The van der Waals surface area contributed by atoms with Crippen LogP contribution in [0.2, 0.25) is 0 Å². The minimum Gasteiger partial charge on any atom is -0.399 e. The molecular formula is C17H23N5O. The van der Waals surface area contributed by atoms with Gasteiger partial charge in [0.05, 0.1) is 5.69 Å². The van der Waals surface area contributed by atoms with Crippen molar-refractivity contribution in [2.24, 2.45) is 0 Å². The van der Waals surface area contributed by atoms with E-state index in [1.165, 1.54) is 0 Å². The maximum atomic E-state index is 12.5. The van der Waals surface area contributed by atoms with Gasteiger partial charge >= 0.3 is 0 Å². The van der Waals surface area contributed by atoms with Crippen LogP contribution in [-0.2, 0) is 6.54 Å². The summed E-state index contributed by atoms with van der Waals surface area (Å²) in [7, 11) is 2.12. The zero-order chi connectivity index (χ0) is 16.2. The second-order valence-electron chi connectivity index (χ2n) is 6.13. The Labute approximate surface area is 136 Å². The molecule has 0 unspecified atom stereocenters. The lowest BCUT2D eigenvalue weighted by molar-refractivity contribution is 0.0638. The van der Waals surface area contributed by atoms with Crippen LogP contribution in [0.25, 0.3) is 0 Å². The Balaban J connectivity index is 1.53. The standard InChI is InChI=1S/C17H23N5O/c1-21(12-15-6-9-19-20-15)16-7-10-22(11-8-16)17(23)13-2-4-14(18)5-3-13/h2-6,9,16H,7-8,10-12,18H2,1H3,(H,19,20). The Morgan fingerprint density at radius 1 is 1.30 bits per heavy atom. The van der Waals surface area contributed by atoms with Crippen LogP contribution in [0.4, 0.5) is 5.69 Å². The zero-order valence-corrected chi connectivity index (χ0v) is 13.4. The van der Waals surface area contributed by atoms with E-state index in [1.54, 1.807) is 24.3 Å². The van der Waals surface area contributed by atoms with Crippen molar-refractivity contribution in [3.05, 3.63) is 47.8 Å². The number of aromatic amines is 1. The summed E-state index contributed by atoms with van der Waals surface area (Å²) in [6, 6.07) is 9.63. The summed E-state index contributed by atoms with van der Waals surface area (Å²) in [4.78, 5) is 16.8. The second-order valence-corrected chi connectivity index (χ2v) is 6.13. The number of H-pyrrole nitrogens is 1. The van der Waals surface area contributed by atoms with Crippen molar-refractivity contribution in [2.45, 2.75) is 25.4 Å². The monoisotopic (exact) mass is 313 g/mol. The number of carbonyl (C=O) groups excluding carboxylic acids is 1. The van der Waals surface area contributed by atoms with Crippen LogP contribution >= 0.6 is 0 Å². The average molecular weight is 313 g/mol. The molecule has 2 aromatic rings. The number of likely N-dealkylation sites (tertiary alicyclic amines) is 1. The van der Waals surface area contributed by atoms with Crippen molar-refractivity contribution < 1.29 is 4.79 Å². The van der Waals surface area contributed by atoms with Crippen LogP contribution in [-0.4, -0.2) is 52.1 Å². The smallest absolute Gasteiger partial charge is 0.253 e.